The molecular formula is C13H20ClNO4S. The zero-order valence-corrected chi connectivity index (χ0v) is 13.2. The third-order valence-corrected chi connectivity index (χ3v) is 4.53. The lowest BCUT2D eigenvalue weighted by Crippen LogP contribution is -2.22. The van der Waals surface area contributed by atoms with Gasteiger partial charge in [-0.1, -0.05) is 6.92 Å². The Kier molecular flexibility index (Phi) is 7.12. The van der Waals surface area contributed by atoms with Gasteiger partial charge in [0, 0.05) is 18.7 Å². The van der Waals surface area contributed by atoms with E-state index < -0.39 is 10.0 Å². The molecule has 114 valence electrons. The van der Waals surface area contributed by atoms with Gasteiger partial charge in [0.1, 0.15) is 12.4 Å². The number of ether oxygens (including phenoxy) is 2. The van der Waals surface area contributed by atoms with Gasteiger partial charge in [-0.05, 0) is 30.2 Å². The third kappa shape index (κ3) is 6.45. The first-order chi connectivity index (χ1) is 9.46. The van der Waals surface area contributed by atoms with Crippen LogP contribution in [-0.4, -0.2) is 40.4 Å². The van der Waals surface area contributed by atoms with Gasteiger partial charge in [0.15, 0.2) is 0 Å². The van der Waals surface area contributed by atoms with Gasteiger partial charge in [0.25, 0.3) is 0 Å². The molecule has 1 N–H and O–H groups in total. The van der Waals surface area contributed by atoms with Gasteiger partial charge in [-0.2, -0.15) is 0 Å². The molecule has 0 bridgehead atoms. The summed E-state index contributed by atoms with van der Waals surface area (Å²) in [5.74, 6) is 0.889. The summed E-state index contributed by atoms with van der Waals surface area (Å²) in [6.45, 7) is 2.75. The minimum Gasteiger partial charge on any atom is -0.491 e. The predicted octanol–water partition coefficient (Wildman–Crippen LogP) is 2.33. The summed E-state index contributed by atoms with van der Waals surface area (Å²) in [6, 6.07) is 6.73. The smallest absolute Gasteiger partial charge is 0.233 e. The number of halogens is 1. The molecule has 0 fully saturated rings. The van der Waals surface area contributed by atoms with Gasteiger partial charge in [0.05, 0.1) is 12.4 Å². The number of hydrogen-bond donors (Lipinski definition) is 1. The minimum absolute atomic E-state index is 0.00257. The Bertz CT molecular complexity index is 490. The molecule has 0 aliphatic carbocycles. The van der Waals surface area contributed by atoms with Crippen molar-refractivity contribution in [3.8, 4) is 5.75 Å². The largest absolute Gasteiger partial charge is 0.491 e. The van der Waals surface area contributed by atoms with Crippen molar-refractivity contribution in [2.45, 2.75) is 6.92 Å². The zero-order chi connectivity index (χ0) is 15.0. The van der Waals surface area contributed by atoms with E-state index in [1.165, 1.54) is 0 Å². The molecule has 0 amide bonds. The van der Waals surface area contributed by atoms with Crippen LogP contribution in [0.4, 0.5) is 5.69 Å². The maximum Gasteiger partial charge on any atom is 0.233 e. The van der Waals surface area contributed by atoms with Crippen LogP contribution in [0, 0.1) is 5.92 Å². The summed E-state index contributed by atoms with van der Waals surface area (Å²) >= 11 is 5.62. The molecule has 0 spiro atoms. The summed E-state index contributed by atoms with van der Waals surface area (Å²) in [4.78, 5) is 0. The first-order valence-electron chi connectivity index (χ1n) is 6.25. The van der Waals surface area contributed by atoms with Gasteiger partial charge in [0.2, 0.25) is 10.0 Å². The van der Waals surface area contributed by atoms with E-state index in [0.29, 0.717) is 30.5 Å². The lowest BCUT2D eigenvalue weighted by molar-refractivity contribution is 0.146. The van der Waals surface area contributed by atoms with Crippen LogP contribution in [0.1, 0.15) is 6.92 Å². The SMILES string of the molecule is COCCOc1ccc(NS(=O)(=O)CC(C)CCl)cc1. The Morgan fingerprint density at radius 1 is 1.25 bits per heavy atom. The summed E-state index contributed by atoms with van der Waals surface area (Å²) < 4.78 is 36.5. The standard InChI is InChI=1S/C13H20ClNO4S/c1-11(9-14)10-20(16,17)15-12-3-5-13(6-4-12)19-8-7-18-2/h3-6,11,15H,7-10H2,1-2H3. The van der Waals surface area contributed by atoms with Crippen molar-refractivity contribution in [2.75, 3.05) is 36.7 Å². The second kappa shape index (κ2) is 8.34. The molecule has 0 aliphatic heterocycles. The van der Waals surface area contributed by atoms with Crippen LogP contribution >= 0.6 is 11.6 Å². The van der Waals surface area contributed by atoms with Gasteiger partial charge in [-0.25, -0.2) is 8.42 Å². The third-order valence-electron chi connectivity index (χ3n) is 2.45. The second-order valence-electron chi connectivity index (χ2n) is 4.51. The number of alkyl halides is 1. The van der Waals surface area contributed by atoms with Crippen LogP contribution in [0.3, 0.4) is 0 Å². The predicted molar refractivity (Wildman–Crippen MR) is 81.1 cm³/mol. The fourth-order valence-corrected chi connectivity index (χ4v) is 3.19. The Hall–Kier alpha value is -0.980. The fraction of sp³-hybridized carbons (Fsp3) is 0.538. The van der Waals surface area contributed by atoms with Crippen LogP contribution in [0.25, 0.3) is 0 Å². The summed E-state index contributed by atoms with van der Waals surface area (Å²) in [6.07, 6.45) is 0. The molecule has 1 unspecified atom stereocenters. The van der Waals surface area contributed by atoms with E-state index in [4.69, 9.17) is 21.1 Å². The maximum atomic E-state index is 11.8. The molecular weight excluding hydrogens is 302 g/mol. The lowest BCUT2D eigenvalue weighted by Gasteiger charge is -2.12. The summed E-state index contributed by atoms with van der Waals surface area (Å²) in [7, 11) is -1.77. The second-order valence-corrected chi connectivity index (χ2v) is 6.58. The molecule has 0 radical (unpaired) electrons. The van der Waals surface area contributed by atoms with Crippen molar-refractivity contribution in [1.82, 2.24) is 0 Å². The molecule has 0 heterocycles. The highest BCUT2D eigenvalue weighted by atomic mass is 35.5. The molecule has 0 saturated carbocycles. The average Bonchev–Trinajstić information content (AvgIpc) is 2.40. The highest BCUT2D eigenvalue weighted by Crippen LogP contribution is 2.17. The van der Waals surface area contributed by atoms with Crippen LogP contribution in [0.15, 0.2) is 24.3 Å². The highest BCUT2D eigenvalue weighted by molar-refractivity contribution is 7.92. The maximum absolute atomic E-state index is 11.8. The normalized spacial score (nSPS) is 12.9. The van der Waals surface area contributed by atoms with Gasteiger partial charge in [-0.15, -0.1) is 11.6 Å². The van der Waals surface area contributed by atoms with Gasteiger partial charge >= 0.3 is 0 Å². The molecule has 5 nitrogen and oxygen atoms in total. The minimum atomic E-state index is -3.37. The van der Waals surface area contributed by atoms with E-state index in [0.717, 1.165) is 0 Å². The van der Waals surface area contributed by atoms with Gasteiger partial charge < -0.3 is 9.47 Å². The highest BCUT2D eigenvalue weighted by Gasteiger charge is 2.15. The molecule has 1 rings (SSSR count). The summed E-state index contributed by atoms with van der Waals surface area (Å²) in [5.41, 5.74) is 0.505. The first-order valence-corrected chi connectivity index (χ1v) is 8.44. The number of sulfonamides is 1. The Labute approximate surface area is 125 Å². The van der Waals surface area contributed by atoms with Crippen molar-refractivity contribution in [1.29, 1.82) is 0 Å². The zero-order valence-electron chi connectivity index (χ0n) is 11.6. The van der Waals surface area contributed by atoms with Crippen LogP contribution in [0.2, 0.25) is 0 Å². The van der Waals surface area contributed by atoms with E-state index in [9.17, 15) is 8.42 Å². The van der Waals surface area contributed by atoms with Crippen molar-refractivity contribution in [3.05, 3.63) is 24.3 Å². The number of methoxy groups -OCH3 is 1. The van der Waals surface area contributed by atoms with Crippen molar-refractivity contribution in [2.24, 2.45) is 5.92 Å². The van der Waals surface area contributed by atoms with Crippen LogP contribution in [0.5, 0.6) is 5.75 Å². The molecule has 0 aromatic heterocycles. The average molecular weight is 322 g/mol. The van der Waals surface area contributed by atoms with Crippen molar-refractivity contribution < 1.29 is 17.9 Å². The number of hydrogen-bond acceptors (Lipinski definition) is 4. The fourth-order valence-electron chi connectivity index (χ4n) is 1.50. The molecule has 1 atom stereocenters. The molecule has 1 aromatic carbocycles. The monoisotopic (exact) mass is 321 g/mol. The number of benzene rings is 1. The Morgan fingerprint density at radius 3 is 2.45 bits per heavy atom. The van der Waals surface area contributed by atoms with Crippen LogP contribution < -0.4 is 9.46 Å². The van der Waals surface area contributed by atoms with Crippen LogP contribution in [-0.2, 0) is 14.8 Å². The summed E-state index contributed by atoms with van der Waals surface area (Å²) in [5, 5.41) is 0. The number of anilines is 1. The number of nitrogens with one attached hydrogen (secondary N) is 1. The molecule has 7 heteroatoms. The van der Waals surface area contributed by atoms with E-state index in [2.05, 4.69) is 4.72 Å². The van der Waals surface area contributed by atoms with E-state index in [1.54, 1.807) is 38.3 Å². The Balaban J connectivity index is 2.56. The molecule has 20 heavy (non-hydrogen) atoms. The lowest BCUT2D eigenvalue weighted by atomic mass is 10.3. The molecule has 0 saturated heterocycles. The van der Waals surface area contributed by atoms with Crippen molar-refractivity contribution >= 4 is 27.3 Å². The Morgan fingerprint density at radius 2 is 1.90 bits per heavy atom. The quantitative estimate of drug-likeness (QED) is 0.560. The van der Waals surface area contributed by atoms with E-state index in [1.807, 2.05) is 0 Å². The number of rotatable bonds is 9. The first kappa shape index (κ1) is 17.1. The topological polar surface area (TPSA) is 64.6 Å². The van der Waals surface area contributed by atoms with Crippen molar-refractivity contribution in [3.63, 3.8) is 0 Å². The van der Waals surface area contributed by atoms with E-state index >= 15 is 0 Å². The van der Waals surface area contributed by atoms with Gasteiger partial charge in [-0.3, -0.25) is 4.72 Å². The van der Waals surface area contributed by atoms with E-state index in [-0.39, 0.29) is 11.7 Å². The molecule has 0 aliphatic rings. The molecule has 1 aromatic rings.